The van der Waals surface area contributed by atoms with Gasteiger partial charge in [0.05, 0.1) is 23.2 Å². The summed E-state index contributed by atoms with van der Waals surface area (Å²) in [7, 11) is 0. The van der Waals surface area contributed by atoms with Crippen molar-refractivity contribution in [3.8, 4) is 0 Å². The molecule has 0 spiro atoms. The Bertz CT molecular complexity index is 1570. The van der Waals surface area contributed by atoms with E-state index < -0.39 is 0 Å². The third kappa shape index (κ3) is 6.40. The van der Waals surface area contributed by atoms with Crippen LogP contribution in [0.15, 0.2) is 76.7 Å². The van der Waals surface area contributed by atoms with Gasteiger partial charge in [0, 0.05) is 17.3 Å². The second-order valence-corrected chi connectivity index (χ2v) is 11.0. The largest absolute Gasteiger partial charge is 0.349 e. The number of benzene rings is 3. The Morgan fingerprint density at radius 1 is 0.974 bits per heavy atom. The number of amides is 2. The van der Waals surface area contributed by atoms with E-state index in [4.69, 9.17) is 4.98 Å². The third-order valence-electron chi connectivity index (χ3n) is 7.20. The molecule has 0 radical (unpaired) electrons. The van der Waals surface area contributed by atoms with Gasteiger partial charge in [-0.15, -0.1) is 0 Å². The van der Waals surface area contributed by atoms with Crippen LogP contribution in [-0.4, -0.2) is 33.2 Å². The summed E-state index contributed by atoms with van der Waals surface area (Å²) in [5.74, 6) is -0.128. The molecule has 3 aromatic carbocycles. The topological polar surface area (TPSA) is 93.1 Å². The first-order chi connectivity index (χ1) is 18.9. The quantitative estimate of drug-likeness (QED) is 0.229. The summed E-state index contributed by atoms with van der Waals surface area (Å²) < 4.78 is 1.60. The molecule has 5 rings (SSSR count). The average Bonchev–Trinajstić information content (AvgIpc) is 3.45. The Kier molecular flexibility index (Phi) is 8.12. The maximum atomic E-state index is 13.5. The van der Waals surface area contributed by atoms with Crippen LogP contribution >= 0.6 is 11.8 Å². The van der Waals surface area contributed by atoms with Gasteiger partial charge >= 0.3 is 0 Å². The average molecular weight is 541 g/mol. The van der Waals surface area contributed by atoms with E-state index in [1.54, 1.807) is 28.8 Å². The van der Waals surface area contributed by atoms with Crippen molar-refractivity contribution < 1.29 is 9.59 Å². The van der Waals surface area contributed by atoms with E-state index in [-0.39, 0.29) is 35.7 Å². The molecule has 1 saturated carbocycles. The highest BCUT2D eigenvalue weighted by Crippen LogP contribution is 2.21. The molecule has 2 N–H and O–H groups in total. The highest BCUT2D eigenvalue weighted by molar-refractivity contribution is 7.99. The van der Waals surface area contributed by atoms with Crippen molar-refractivity contribution in [2.45, 2.75) is 57.3 Å². The molecular weight excluding hydrogens is 508 g/mol. The maximum absolute atomic E-state index is 13.5. The van der Waals surface area contributed by atoms with Crippen molar-refractivity contribution in [1.82, 2.24) is 14.9 Å². The Morgan fingerprint density at radius 2 is 1.72 bits per heavy atom. The van der Waals surface area contributed by atoms with E-state index >= 15 is 0 Å². The number of para-hydroxylation sites is 1. The normalized spacial score (nSPS) is 13.5. The fraction of sp³-hybridized carbons (Fsp3) is 0.290. The van der Waals surface area contributed by atoms with Gasteiger partial charge in [-0.3, -0.25) is 19.0 Å². The van der Waals surface area contributed by atoms with Crippen LogP contribution in [0.3, 0.4) is 0 Å². The van der Waals surface area contributed by atoms with Gasteiger partial charge in [0.15, 0.2) is 5.16 Å². The summed E-state index contributed by atoms with van der Waals surface area (Å²) in [5, 5.41) is 7.03. The monoisotopic (exact) mass is 540 g/mol. The lowest BCUT2D eigenvalue weighted by molar-refractivity contribution is -0.113. The highest BCUT2D eigenvalue weighted by atomic mass is 32.2. The number of carbonyl (C=O) groups excluding carboxylic acids is 2. The molecule has 8 heteroatoms. The fourth-order valence-electron chi connectivity index (χ4n) is 4.83. The van der Waals surface area contributed by atoms with Crippen molar-refractivity contribution in [2.24, 2.45) is 0 Å². The van der Waals surface area contributed by atoms with Crippen LogP contribution in [0.2, 0.25) is 0 Å². The Morgan fingerprint density at radius 3 is 2.46 bits per heavy atom. The summed E-state index contributed by atoms with van der Waals surface area (Å²) in [6.07, 6.45) is 4.38. The Labute approximate surface area is 232 Å². The maximum Gasteiger partial charge on any atom is 0.262 e. The van der Waals surface area contributed by atoms with Crippen LogP contribution in [0.5, 0.6) is 0 Å². The first-order valence-corrected chi connectivity index (χ1v) is 14.3. The molecule has 0 bridgehead atoms. The number of aromatic nitrogens is 2. The minimum Gasteiger partial charge on any atom is -0.349 e. The Balaban J connectivity index is 1.34. The van der Waals surface area contributed by atoms with Gasteiger partial charge in [0.25, 0.3) is 11.5 Å². The van der Waals surface area contributed by atoms with E-state index in [1.807, 2.05) is 56.3 Å². The van der Waals surface area contributed by atoms with Crippen LogP contribution in [0.25, 0.3) is 10.9 Å². The minimum atomic E-state index is -0.171. The number of rotatable bonds is 8. The summed E-state index contributed by atoms with van der Waals surface area (Å²) in [6, 6.07) is 20.6. The van der Waals surface area contributed by atoms with Crippen LogP contribution < -0.4 is 16.2 Å². The zero-order valence-electron chi connectivity index (χ0n) is 22.2. The number of thioether (sulfide) groups is 1. The molecule has 7 nitrogen and oxygen atoms in total. The van der Waals surface area contributed by atoms with Crippen molar-refractivity contribution in [1.29, 1.82) is 0 Å². The summed E-state index contributed by atoms with van der Waals surface area (Å²) in [6.45, 7) is 4.31. The van der Waals surface area contributed by atoms with Crippen LogP contribution in [-0.2, 0) is 11.3 Å². The zero-order valence-corrected chi connectivity index (χ0v) is 23.0. The van der Waals surface area contributed by atoms with Gasteiger partial charge in [0.2, 0.25) is 5.91 Å². The van der Waals surface area contributed by atoms with Crippen LogP contribution in [0.1, 0.15) is 52.7 Å². The number of hydrogen-bond donors (Lipinski definition) is 2. The van der Waals surface area contributed by atoms with Crippen LogP contribution in [0.4, 0.5) is 5.69 Å². The molecular formula is C31H32N4O3S. The molecule has 39 heavy (non-hydrogen) atoms. The van der Waals surface area contributed by atoms with E-state index in [2.05, 4.69) is 10.6 Å². The van der Waals surface area contributed by atoms with Crippen molar-refractivity contribution in [3.63, 3.8) is 0 Å². The fourth-order valence-corrected chi connectivity index (χ4v) is 5.63. The first-order valence-electron chi connectivity index (χ1n) is 13.3. The molecule has 2 amide bonds. The number of aryl methyl sites for hydroxylation is 2. The van der Waals surface area contributed by atoms with Gasteiger partial charge < -0.3 is 10.6 Å². The van der Waals surface area contributed by atoms with Gasteiger partial charge in [-0.1, -0.05) is 54.9 Å². The predicted molar refractivity (Wildman–Crippen MR) is 157 cm³/mol. The molecule has 1 fully saturated rings. The molecule has 0 aliphatic heterocycles. The molecule has 1 aliphatic rings. The van der Waals surface area contributed by atoms with Crippen molar-refractivity contribution in [2.75, 3.05) is 11.1 Å². The molecule has 0 unspecified atom stereocenters. The van der Waals surface area contributed by atoms with E-state index in [9.17, 15) is 14.4 Å². The smallest absolute Gasteiger partial charge is 0.262 e. The minimum absolute atomic E-state index is 0.0657. The number of carbonyl (C=O) groups is 2. The summed E-state index contributed by atoms with van der Waals surface area (Å²) in [4.78, 5) is 43.6. The predicted octanol–water partition coefficient (Wildman–Crippen LogP) is 5.46. The van der Waals surface area contributed by atoms with Gasteiger partial charge in [0.1, 0.15) is 0 Å². The lowest BCUT2D eigenvalue weighted by Gasteiger charge is -2.14. The number of fused-ring (bicyclic) bond motifs is 1. The molecule has 0 atom stereocenters. The lowest BCUT2D eigenvalue weighted by atomic mass is 10.1. The molecule has 1 aromatic heterocycles. The van der Waals surface area contributed by atoms with Gasteiger partial charge in [-0.2, -0.15) is 0 Å². The molecule has 1 aliphatic carbocycles. The van der Waals surface area contributed by atoms with E-state index in [1.165, 1.54) is 11.8 Å². The molecule has 4 aromatic rings. The van der Waals surface area contributed by atoms with Gasteiger partial charge in [-0.05, 0) is 79.8 Å². The van der Waals surface area contributed by atoms with Crippen molar-refractivity contribution in [3.05, 3.63) is 99.3 Å². The molecule has 1 heterocycles. The standard InChI is InChI=1S/C31H32N4O3S/c1-20-11-16-25(17-21(20)2)32-28(36)19-39-31-34-27-10-6-5-9-26(27)30(38)35(31)18-22-12-14-23(15-13-22)29(37)33-24-7-3-4-8-24/h5-6,9-17,24H,3-4,7-8,18-19H2,1-2H3,(H,32,36)(H,33,37). The SMILES string of the molecule is Cc1ccc(NC(=O)CSc2nc3ccccc3c(=O)n2Cc2ccc(C(=O)NC3CCCC3)cc2)cc1C. The van der Waals surface area contributed by atoms with Crippen molar-refractivity contribution >= 4 is 40.2 Å². The molecule has 200 valence electrons. The second kappa shape index (κ2) is 11.9. The number of anilines is 1. The summed E-state index contributed by atoms with van der Waals surface area (Å²) in [5.41, 5.74) is 4.90. The lowest BCUT2D eigenvalue weighted by Crippen LogP contribution is -2.32. The number of nitrogens with zero attached hydrogens (tertiary/aromatic N) is 2. The second-order valence-electron chi connectivity index (χ2n) is 10.1. The van der Waals surface area contributed by atoms with Crippen LogP contribution in [0, 0.1) is 13.8 Å². The number of nitrogens with one attached hydrogen (secondary N) is 2. The number of hydrogen-bond acceptors (Lipinski definition) is 5. The Hall–Kier alpha value is -3.91. The van der Waals surface area contributed by atoms with Gasteiger partial charge in [-0.25, -0.2) is 4.98 Å². The van der Waals surface area contributed by atoms with E-state index in [0.29, 0.717) is 21.6 Å². The summed E-state index contributed by atoms with van der Waals surface area (Å²) >= 11 is 1.23. The highest BCUT2D eigenvalue weighted by Gasteiger charge is 2.18. The first kappa shape index (κ1) is 26.7. The molecule has 0 saturated heterocycles. The van der Waals surface area contributed by atoms with E-state index in [0.717, 1.165) is 48.1 Å². The zero-order chi connectivity index (χ0) is 27.4. The third-order valence-corrected chi connectivity index (χ3v) is 8.17.